The van der Waals surface area contributed by atoms with Crippen LogP contribution in [-0.4, -0.2) is 8.42 Å². The van der Waals surface area contributed by atoms with E-state index in [0.717, 1.165) is 6.07 Å². The number of hydrogen-bond donors (Lipinski definition) is 2. The normalized spacial score (nSPS) is 11.3. The summed E-state index contributed by atoms with van der Waals surface area (Å²) in [5, 5.41) is 0.464. The molecule has 0 bridgehead atoms. The van der Waals surface area contributed by atoms with Crippen LogP contribution in [0.1, 0.15) is 0 Å². The van der Waals surface area contributed by atoms with Crippen molar-refractivity contribution in [2.75, 3.05) is 10.5 Å². The second-order valence-corrected chi connectivity index (χ2v) is 6.87. The number of nitrogen functional groups attached to an aromatic ring is 1. The van der Waals surface area contributed by atoms with Crippen molar-refractivity contribution in [2.24, 2.45) is 0 Å². The quantitative estimate of drug-likeness (QED) is 0.800. The number of anilines is 2. The summed E-state index contributed by atoms with van der Waals surface area (Å²) in [4.78, 5) is -0.528. The van der Waals surface area contributed by atoms with Crippen molar-refractivity contribution in [2.45, 2.75) is 4.90 Å². The summed E-state index contributed by atoms with van der Waals surface area (Å²) in [5.41, 5.74) is 5.94. The van der Waals surface area contributed by atoms with Crippen LogP contribution in [0.25, 0.3) is 0 Å². The summed E-state index contributed by atoms with van der Waals surface area (Å²) in [5.74, 6) is -0.902. The molecule has 2 aromatic rings. The van der Waals surface area contributed by atoms with Gasteiger partial charge in [-0.3, -0.25) is 4.72 Å². The Morgan fingerprint density at radius 1 is 1.20 bits per heavy atom. The molecule has 0 saturated heterocycles. The molecule has 4 nitrogen and oxygen atoms in total. The minimum Gasteiger partial charge on any atom is -0.399 e. The molecule has 0 aliphatic heterocycles. The summed E-state index contributed by atoms with van der Waals surface area (Å²) in [7, 11) is -4.08. The van der Waals surface area contributed by atoms with Crippen molar-refractivity contribution < 1.29 is 12.8 Å². The highest BCUT2D eigenvalue weighted by Crippen LogP contribution is 2.27. The lowest BCUT2D eigenvalue weighted by Crippen LogP contribution is -2.15. The van der Waals surface area contributed by atoms with E-state index in [1.165, 1.54) is 30.3 Å². The van der Waals surface area contributed by atoms with Crippen LogP contribution in [0.2, 0.25) is 5.02 Å². The van der Waals surface area contributed by atoms with Crippen molar-refractivity contribution in [1.82, 2.24) is 0 Å². The highest BCUT2D eigenvalue weighted by atomic mass is 79.9. The van der Waals surface area contributed by atoms with Gasteiger partial charge in [0.1, 0.15) is 4.90 Å². The van der Waals surface area contributed by atoms with E-state index < -0.39 is 20.7 Å². The SMILES string of the molecule is Nc1cc(Br)c(F)c(S(=O)(=O)Nc2ccc(Cl)cc2)c1. The Labute approximate surface area is 128 Å². The standard InChI is InChI=1S/C12H9BrClFN2O2S/c13-10-5-8(16)6-11(12(10)15)20(18,19)17-9-3-1-7(14)2-4-9/h1-6,17H,16H2. The van der Waals surface area contributed by atoms with Crippen molar-refractivity contribution in [3.8, 4) is 0 Å². The van der Waals surface area contributed by atoms with Gasteiger partial charge in [0.15, 0.2) is 5.82 Å². The van der Waals surface area contributed by atoms with Crippen LogP contribution in [0.5, 0.6) is 0 Å². The molecule has 2 rings (SSSR count). The summed E-state index contributed by atoms with van der Waals surface area (Å²) >= 11 is 8.63. The average molecular weight is 380 g/mol. The maximum Gasteiger partial charge on any atom is 0.264 e. The fraction of sp³-hybridized carbons (Fsp3) is 0. The zero-order valence-electron chi connectivity index (χ0n) is 9.90. The van der Waals surface area contributed by atoms with Crippen LogP contribution >= 0.6 is 27.5 Å². The van der Waals surface area contributed by atoms with Gasteiger partial charge < -0.3 is 5.73 Å². The number of nitrogens with two attached hydrogens (primary N) is 1. The second kappa shape index (κ2) is 5.59. The molecule has 0 aliphatic carbocycles. The molecular weight excluding hydrogens is 371 g/mol. The number of halogens is 3. The van der Waals surface area contributed by atoms with E-state index in [1.54, 1.807) is 0 Å². The van der Waals surface area contributed by atoms with Gasteiger partial charge in [-0.1, -0.05) is 11.6 Å². The van der Waals surface area contributed by atoms with E-state index >= 15 is 0 Å². The first-order valence-electron chi connectivity index (χ1n) is 5.32. The van der Waals surface area contributed by atoms with Crippen LogP contribution in [0, 0.1) is 5.82 Å². The largest absolute Gasteiger partial charge is 0.399 e. The zero-order valence-corrected chi connectivity index (χ0v) is 13.1. The lowest BCUT2D eigenvalue weighted by molar-refractivity contribution is 0.567. The van der Waals surface area contributed by atoms with Crippen molar-refractivity contribution in [3.63, 3.8) is 0 Å². The first-order chi connectivity index (χ1) is 9.29. The fourth-order valence-electron chi connectivity index (χ4n) is 1.51. The first kappa shape index (κ1) is 15.1. The molecule has 3 N–H and O–H groups in total. The third-order valence-corrected chi connectivity index (χ3v) is 4.61. The summed E-state index contributed by atoms with van der Waals surface area (Å²) in [6.45, 7) is 0. The summed E-state index contributed by atoms with van der Waals surface area (Å²) < 4.78 is 40.4. The van der Waals surface area contributed by atoms with Crippen LogP contribution in [-0.2, 0) is 10.0 Å². The van der Waals surface area contributed by atoms with Gasteiger partial charge in [-0.25, -0.2) is 12.8 Å². The van der Waals surface area contributed by atoms with Crippen molar-refractivity contribution >= 4 is 48.9 Å². The number of hydrogen-bond acceptors (Lipinski definition) is 3. The number of rotatable bonds is 3. The molecule has 8 heteroatoms. The Kier molecular flexibility index (Phi) is 4.22. The highest BCUT2D eigenvalue weighted by Gasteiger charge is 2.21. The molecule has 0 saturated carbocycles. The lowest BCUT2D eigenvalue weighted by Gasteiger charge is -2.10. The van der Waals surface area contributed by atoms with E-state index in [4.69, 9.17) is 17.3 Å². The minimum absolute atomic E-state index is 0.0195. The third-order valence-electron chi connectivity index (χ3n) is 2.40. The van der Waals surface area contributed by atoms with E-state index in [-0.39, 0.29) is 15.8 Å². The molecule has 106 valence electrons. The molecule has 0 fully saturated rings. The molecule has 0 spiro atoms. The fourth-order valence-corrected chi connectivity index (χ4v) is 3.44. The molecule has 20 heavy (non-hydrogen) atoms. The minimum atomic E-state index is -4.08. The third kappa shape index (κ3) is 3.23. The van der Waals surface area contributed by atoms with Gasteiger partial charge in [0.25, 0.3) is 10.0 Å². The Hall–Kier alpha value is -1.31. The first-order valence-corrected chi connectivity index (χ1v) is 7.98. The molecule has 0 amide bonds. The van der Waals surface area contributed by atoms with Gasteiger partial charge in [0.2, 0.25) is 0 Å². The number of nitrogens with one attached hydrogen (secondary N) is 1. The number of sulfonamides is 1. The van der Waals surface area contributed by atoms with Crippen LogP contribution < -0.4 is 10.5 Å². The summed E-state index contributed by atoms with van der Waals surface area (Å²) in [6, 6.07) is 8.32. The van der Waals surface area contributed by atoms with Gasteiger partial charge in [0.05, 0.1) is 4.47 Å². The molecule has 0 aromatic heterocycles. The molecular formula is C12H9BrClFN2O2S. The van der Waals surface area contributed by atoms with Crippen molar-refractivity contribution in [3.05, 3.63) is 51.7 Å². The smallest absolute Gasteiger partial charge is 0.264 e. The second-order valence-electron chi connectivity index (χ2n) is 3.93. The van der Waals surface area contributed by atoms with Crippen LogP contribution in [0.15, 0.2) is 45.8 Å². The van der Waals surface area contributed by atoms with Gasteiger partial charge in [0, 0.05) is 16.4 Å². The monoisotopic (exact) mass is 378 g/mol. The van der Waals surface area contributed by atoms with Crippen LogP contribution in [0.4, 0.5) is 15.8 Å². The van der Waals surface area contributed by atoms with Gasteiger partial charge in [-0.15, -0.1) is 0 Å². The maximum absolute atomic E-state index is 13.9. The molecule has 0 unspecified atom stereocenters. The molecule has 0 radical (unpaired) electrons. The average Bonchev–Trinajstić information content (AvgIpc) is 2.36. The van der Waals surface area contributed by atoms with Crippen molar-refractivity contribution in [1.29, 1.82) is 0 Å². The predicted molar refractivity (Wildman–Crippen MR) is 80.8 cm³/mol. The Morgan fingerprint density at radius 3 is 2.40 bits per heavy atom. The van der Waals surface area contributed by atoms with Gasteiger partial charge >= 0.3 is 0 Å². The maximum atomic E-state index is 13.9. The molecule has 0 heterocycles. The molecule has 0 atom stereocenters. The predicted octanol–water partition coefficient (Wildman–Crippen LogP) is 3.62. The topological polar surface area (TPSA) is 72.2 Å². The number of benzene rings is 2. The zero-order chi connectivity index (χ0) is 14.9. The van der Waals surface area contributed by atoms with E-state index in [1.807, 2.05) is 0 Å². The van der Waals surface area contributed by atoms with Gasteiger partial charge in [-0.2, -0.15) is 0 Å². The van der Waals surface area contributed by atoms with E-state index in [0.29, 0.717) is 5.02 Å². The van der Waals surface area contributed by atoms with E-state index in [9.17, 15) is 12.8 Å². The molecule has 2 aromatic carbocycles. The lowest BCUT2D eigenvalue weighted by atomic mass is 10.3. The Balaban J connectivity index is 2.43. The Bertz CT molecular complexity index is 751. The highest BCUT2D eigenvalue weighted by molar-refractivity contribution is 9.10. The molecule has 0 aliphatic rings. The van der Waals surface area contributed by atoms with Crippen LogP contribution in [0.3, 0.4) is 0 Å². The van der Waals surface area contributed by atoms with Gasteiger partial charge in [-0.05, 0) is 52.3 Å². The summed E-state index contributed by atoms with van der Waals surface area (Å²) in [6.07, 6.45) is 0. The van der Waals surface area contributed by atoms with E-state index in [2.05, 4.69) is 20.7 Å². The Morgan fingerprint density at radius 2 is 1.80 bits per heavy atom.